The first-order chi connectivity index (χ1) is 8.00. The third-order valence-corrected chi connectivity index (χ3v) is 3.25. The number of urea groups is 1. The average Bonchev–Trinajstić information content (AvgIpc) is 2.23. The Balaban J connectivity index is 2.46. The minimum absolute atomic E-state index is 0.139. The van der Waals surface area contributed by atoms with Crippen molar-refractivity contribution in [2.75, 3.05) is 4.90 Å². The van der Waals surface area contributed by atoms with Gasteiger partial charge in [-0.3, -0.25) is 14.9 Å². The van der Waals surface area contributed by atoms with Crippen LogP contribution >= 0.6 is 22.6 Å². The van der Waals surface area contributed by atoms with Crippen LogP contribution in [0.15, 0.2) is 18.2 Å². The van der Waals surface area contributed by atoms with E-state index in [0.717, 1.165) is 4.90 Å². The van der Waals surface area contributed by atoms with Gasteiger partial charge in [0.25, 0.3) is 0 Å². The van der Waals surface area contributed by atoms with E-state index in [1.807, 2.05) is 5.32 Å². The second-order valence-corrected chi connectivity index (χ2v) is 4.41. The minimum Gasteiger partial charge on any atom is -0.277 e. The van der Waals surface area contributed by atoms with Gasteiger partial charge in [0.05, 0.1) is 9.26 Å². The van der Waals surface area contributed by atoms with Gasteiger partial charge in [-0.15, -0.1) is 0 Å². The summed E-state index contributed by atoms with van der Waals surface area (Å²) in [4.78, 5) is 34.9. The average molecular weight is 348 g/mol. The molecule has 1 N–H and O–H groups in total. The summed E-state index contributed by atoms with van der Waals surface area (Å²) in [7, 11) is 0. The van der Waals surface area contributed by atoms with Gasteiger partial charge in [-0.25, -0.2) is 14.1 Å². The Morgan fingerprint density at radius 2 is 2.00 bits per heavy atom. The molecular weight excluding hydrogens is 342 g/mol. The van der Waals surface area contributed by atoms with Crippen molar-refractivity contribution < 1.29 is 18.8 Å². The molecule has 7 heteroatoms. The Morgan fingerprint density at radius 1 is 1.29 bits per heavy atom. The summed E-state index contributed by atoms with van der Waals surface area (Å²) in [5.41, 5.74) is 0.139. The maximum atomic E-state index is 13.3. The Kier molecular flexibility index (Phi) is 3.09. The molecule has 17 heavy (non-hydrogen) atoms. The third kappa shape index (κ3) is 2.14. The van der Waals surface area contributed by atoms with Crippen molar-refractivity contribution in [1.82, 2.24) is 5.32 Å². The number of nitrogens with zero attached hydrogens (tertiary/aromatic N) is 1. The van der Waals surface area contributed by atoms with Crippen LogP contribution < -0.4 is 10.2 Å². The molecular formula is C10H6FIN2O3. The van der Waals surface area contributed by atoms with Crippen molar-refractivity contribution in [3.8, 4) is 0 Å². The second-order valence-electron chi connectivity index (χ2n) is 3.33. The number of carbonyl (C=O) groups excluding carboxylic acids is 3. The first-order valence-corrected chi connectivity index (χ1v) is 5.69. The summed E-state index contributed by atoms with van der Waals surface area (Å²) in [5.74, 6) is -1.84. The van der Waals surface area contributed by atoms with E-state index in [1.165, 1.54) is 18.2 Å². The molecule has 88 valence electrons. The van der Waals surface area contributed by atoms with E-state index in [9.17, 15) is 18.8 Å². The molecule has 1 fully saturated rings. The molecule has 1 heterocycles. The monoisotopic (exact) mass is 348 g/mol. The van der Waals surface area contributed by atoms with Gasteiger partial charge in [0.1, 0.15) is 12.2 Å². The molecule has 0 aliphatic carbocycles. The standard InChI is InChI=1S/C10H6FIN2O3/c11-5-2-1-3-6(9(5)12)14-8(16)4-7(15)13-10(14)17/h1-3H,4H2,(H,13,15,17). The third-order valence-electron chi connectivity index (χ3n) is 2.18. The largest absolute Gasteiger partial charge is 0.335 e. The highest BCUT2D eigenvalue weighted by atomic mass is 127. The van der Waals surface area contributed by atoms with Crippen LogP contribution in [-0.4, -0.2) is 17.8 Å². The summed E-state index contributed by atoms with van der Waals surface area (Å²) < 4.78 is 13.5. The van der Waals surface area contributed by atoms with Crippen LogP contribution in [0.2, 0.25) is 0 Å². The number of benzene rings is 1. The molecule has 1 aliphatic rings. The maximum absolute atomic E-state index is 13.3. The molecule has 1 aromatic carbocycles. The number of amides is 4. The summed E-state index contributed by atoms with van der Waals surface area (Å²) in [6, 6.07) is 3.21. The van der Waals surface area contributed by atoms with Crippen LogP contribution in [0.4, 0.5) is 14.9 Å². The molecule has 2 rings (SSSR count). The smallest absolute Gasteiger partial charge is 0.277 e. The maximum Gasteiger partial charge on any atom is 0.335 e. The molecule has 5 nitrogen and oxygen atoms in total. The molecule has 0 radical (unpaired) electrons. The molecule has 0 aromatic heterocycles. The van der Waals surface area contributed by atoms with Crippen molar-refractivity contribution in [2.24, 2.45) is 0 Å². The fraction of sp³-hybridized carbons (Fsp3) is 0.100. The molecule has 0 spiro atoms. The van der Waals surface area contributed by atoms with Crippen LogP contribution in [-0.2, 0) is 9.59 Å². The molecule has 0 bridgehead atoms. The van der Waals surface area contributed by atoms with Crippen LogP contribution in [0.1, 0.15) is 6.42 Å². The lowest BCUT2D eigenvalue weighted by Crippen LogP contribution is -2.53. The van der Waals surface area contributed by atoms with Crippen molar-refractivity contribution in [2.45, 2.75) is 6.42 Å². The lowest BCUT2D eigenvalue weighted by atomic mass is 10.2. The predicted molar refractivity (Wildman–Crippen MR) is 64.8 cm³/mol. The van der Waals surface area contributed by atoms with Gasteiger partial charge in [-0.05, 0) is 34.7 Å². The highest BCUT2D eigenvalue weighted by Crippen LogP contribution is 2.26. The fourth-order valence-electron chi connectivity index (χ4n) is 1.46. The number of hydrogen-bond donors (Lipinski definition) is 1. The normalized spacial score (nSPS) is 16.1. The Labute approximate surface area is 109 Å². The van der Waals surface area contributed by atoms with Crippen molar-refractivity contribution in [3.05, 3.63) is 27.6 Å². The zero-order valence-corrected chi connectivity index (χ0v) is 10.5. The quantitative estimate of drug-likeness (QED) is 0.616. The predicted octanol–water partition coefficient (Wildman–Crippen LogP) is 1.40. The number of imide groups is 2. The van der Waals surface area contributed by atoms with E-state index in [4.69, 9.17) is 0 Å². The van der Waals surface area contributed by atoms with E-state index >= 15 is 0 Å². The zero-order chi connectivity index (χ0) is 12.6. The number of anilines is 1. The molecule has 1 aromatic rings. The molecule has 1 aliphatic heterocycles. The van der Waals surface area contributed by atoms with Crippen LogP contribution in [0.5, 0.6) is 0 Å². The van der Waals surface area contributed by atoms with Gasteiger partial charge in [-0.1, -0.05) is 6.07 Å². The summed E-state index contributed by atoms with van der Waals surface area (Å²) in [5, 5.41) is 2.01. The second kappa shape index (κ2) is 4.40. The van der Waals surface area contributed by atoms with E-state index in [2.05, 4.69) is 0 Å². The van der Waals surface area contributed by atoms with Gasteiger partial charge in [-0.2, -0.15) is 0 Å². The Bertz CT molecular complexity index is 512. The van der Waals surface area contributed by atoms with Crippen LogP contribution in [0.25, 0.3) is 0 Å². The number of rotatable bonds is 1. The van der Waals surface area contributed by atoms with Gasteiger partial charge in [0.2, 0.25) is 11.8 Å². The Hall–Kier alpha value is -1.51. The minimum atomic E-state index is -0.852. The summed E-state index contributed by atoms with van der Waals surface area (Å²) in [6.45, 7) is 0. The van der Waals surface area contributed by atoms with Crippen LogP contribution in [0, 0.1) is 9.39 Å². The lowest BCUT2D eigenvalue weighted by molar-refractivity contribution is -0.128. The number of nitrogens with one attached hydrogen (secondary N) is 1. The number of carbonyl (C=O) groups is 3. The van der Waals surface area contributed by atoms with E-state index < -0.39 is 30.1 Å². The van der Waals surface area contributed by atoms with Gasteiger partial charge in [0, 0.05) is 0 Å². The Morgan fingerprint density at radius 3 is 2.65 bits per heavy atom. The molecule has 0 saturated carbocycles. The summed E-state index contributed by atoms with van der Waals surface area (Å²) >= 11 is 1.70. The van der Waals surface area contributed by atoms with Gasteiger partial charge >= 0.3 is 6.03 Å². The van der Waals surface area contributed by atoms with Crippen LogP contribution in [0.3, 0.4) is 0 Å². The van der Waals surface area contributed by atoms with Crippen molar-refractivity contribution >= 4 is 46.1 Å². The SMILES string of the molecule is O=C1CC(=O)N(c2cccc(F)c2I)C(=O)N1. The van der Waals surface area contributed by atoms with Crippen molar-refractivity contribution in [3.63, 3.8) is 0 Å². The fourth-order valence-corrected chi connectivity index (χ4v) is 2.06. The van der Waals surface area contributed by atoms with E-state index in [1.54, 1.807) is 22.6 Å². The topological polar surface area (TPSA) is 66.5 Å². The first-order valence-electron chi connectivity index (χ1n) is 4.61. The molecule has 0 unspecified atom stereocenters. The van der Waals surface area contributed by atoms with Crippen molar-refractivity contribution in [1.29, 1.82) is 0 Å². The highest BCUT2D eigenvalue weighted by molar-refractivity contribution is 14.1. The number of barbiturate groups is 1. The molecule has 1 saturated heterocycles. The van der Waals surface area contributed by atoms with E-state index in [0.29, 0.717) is 0 Å². The first kappa shape index (κ1) is 12.0. The molecule has 4 amide bonds. The van der Waals surface area contributed by atoms with Gasteiger partial charge < -0.3 is 0 Å². The number of hydrogen-bond acceptors (Lipinski definition) is 3. The van der Waals surface area contributed by atoms with E-state index in [-0.39, 0.29) is 9.26 Å². The zero-order valence-electron chi connectivity index (χ0n) is 8.37. The number of halogens is 2. The van der Waals surface area contributed by atoms with Gasteiger partial charge in [0.15, 0.2) is 0 Å². The molecule has 0 atom stereocenters. The summed E-state index contributed by atoms with van der Waals surface area (Å²) in [6.07, 6.45) is -0.418. The highest BCUT2D eigenvalue weighted by Gasteiger charge is 2.33. The lowest BCUT2D eigenvalue weighted by Gasteiger charge is -2.25.